The van der Waals surface area contributed by atoms with Gasteiger partial charge in [0.15, 0.2) is 10.9 Å². The molecule has 2 aromatic rings. The number of hydrazine groups is 1. The molecule has 0 bridgehead atoms. The number of halogens is 1. The molecule has 4 N–H and O–H groups in total. The van der Waals surface area contributed by atoms with Crippen LogP contribution < -0.4 is 16.0 Å². The Balaban J connectivity index is 2.33. The van der Waals surface area contributed by atoms with E-state index in [1.807, 2.05) is 0 Å². The highest BCUT2D eigenvalue weighted by molar-refractivity contribution is 7.93. The van der Waals surface area contributed by atoms with E-state index in [0.29, 0.717) is 0 Å². The summed E-state index contributed by atoms with van der Waals surface area (Å²) in [4.78, 5) is 7.55. The molecular weight excluding hydrogens is 298 g/mol. The highest BCUT2D eigenvalue weighted by Crippen LogP contribution is 2.23. The second-order valence-corrected chi connectivity index (χ2v) is 6.07. The fraction of sp³-hybridized carbons (Fsp3) is 0. The van der Waals surface area contributed by atoms with Gasteiger partial charge in [0.1, 0.15) is 4.90 Å². The van der Waals surface area contributed by atoms with E-state index in [1.54, 1.807) is 5.38 Å². The number of thiazole rings is 1. The van der Waals surface area contributed by atoms with Gasteiger partial charge in [-0.05, 0) is 6.07 Å². The Bertz CT molecular complexity index is 644. The summed E-state index contributed by atoms with van der Waals surface area (Å²) < 4.78 is 26.2. The molecule has 0 amide bonds. The lowest BCUT2D eigenvalue weighted by Gasteiger charge is -2.07. The molecule has 0 fully saturated rings. The number of nitrogens with two attached hydrogens (primary N) is 1. The highest BCUT2D eigenvalue weighted by Gasteiger charge is 2.17. The second kappa shape index (κ2) is 5.06. The van der Waals surface area contributed by atoms with E-state index in [1.165, 1.54) is 23.6 Å². The molecule has 0 saturated carbocycles. The van der Waals surface area contributed by atoms with Crippen molar-refractivity contribution < 1.29 is 8.42 Å². The molecular formula is C8H8ClN5O2S2. The summed E-state index contributed by atoms with van der Waals surface area (Å²) in [6.45, 7) is 0. The minimum Gasteiger partial charge on any atom is -0.307 e. The molecule has 2 rings (SSSR count). The molecule has 0 atom stereocenters. The summed E-state index contributed by atoms with van der Waals surface area (Å²) in [6, 6.07) is 1.25. The number of sulfonamides is 1. The summed E-state index contributed by atoms with van der Waals surface area (Å²) in [5, 5.41) is 2.04. The predicted octanol–water partition coefficient (Wildman–Crippen LogP) is 1.28. The van der Waals surface area contributed by atoms with Crippen LogP contribution in [0.2, 0.25) is 5.02 Å². The average Bonchev–Trinajstić information content (AvgIpc) is 2.81. The highest BCUT2D eigenvalue weighted by atomic mass is 35.5. The third-order valence-electron chi connectivity index (χ3n) is 1.92. The Morgan fingerprint density at radius 3 is 2.72 bits per heavy atom. The molecule has 2 heterocycles. The van der Waals surface area contributed by atoms with Crippen molar-refractivity contribution in [2.75, 3.05) is 10.1 Å². The molecule has 10 heteroatoms. The maximum Gasteiger partial charge on any atom is 0.265 e. The fourth-order valence-electron chi connectivity index (χ4n) is 1.12. The number of anilines is 2. The zero-order chi connectivity index (χ0) is 13.2. The molecule has 96 valence electrons. The number of nitrogens with one attached hydrogen (secondary N) is 2. The van der Waals surface area contributed by atoms with Crippen molar-refractivity contribution in [1.29, 1.82) is 0 Å². The minimum atomic E-state index is -3.75. The van der Waals surface area contributed by atoms with Gasteiger partial charge >= 0.3 is 0 Å². The van der Waals surface area contributed by atoms with Crippen LogP contribution in [0.1, 0.15) is 0 Å². The molecule has 0 aliphatic heterocycles. The van der Waals surface area contributed by atoms with Crippen LogP contribution in [0.4, 0.5) is 10.9 Å². The van der Waals surface area contributed by atoms with Crippen LogP contribution in [-0.4, -0.2) is 18.4 Å². The first-order valence-electron chi connectivity index (χ1n) is 4.57. The zero-order valence-corrected chi connectivity index (χ0v) is 11.2. The van der Waals surface area contributed by atoms with Gasteiger partial charge < -0.3 is 5.43 Å². The van der Waals surface area contributed by atoms with Crippen molar-refractivity contribution in [3.63, 3.8) is 0 Å². The van der Waals surface area contributed by atoms with Gasteiger partial charge in [0.2, 0.25) is 0 Å². The van der Waals surface area contributed by atoms with Crippen LogP contribution in [0.15, 0.2) is 28.7 Å². The molecule has 7 nitrogen and oxygen atoms in total. The van der Waals surface area contributed by atoms with Crippen LogP contribution in [0, 0.1) is 0 Å². The first-order chi connectivity index (χ1) is 8.53. The molecule has 0 radical (unpaired) electrons. The fourth-order valence-corrected chi connectivity index (χ4v) is 3.17. The van der Waals surface area contributed by atoms with Gasteiger partial charge in [0.25, 0.3) is 10.0 Å². The van der Waals surface area contributed by atoms with Crippen LogP contribution in [-0.2, 0) is 10.0 Å². The first kappa shape index (κ1) is 13.0. The molecule has 0 aliphatic rings. The SMILES string of the molecule is NNc1ncc(S(=O)(=O)Nc2nccs2)cc1Cl. The van der Waals surface area contributed by atoms with Gasteiger partial charge in [-0.15, -0.1) is 11.3 Å². The van der Waals surface area contributed by atoms with Crippen LogP contribution in [0.5, 0.6) is 0 Å². The molecule has 2 aromatic heterocycles. The van der Waals surface area contributed by atoms with E-state index in [9.17, 15) is 8.42 Å². The summed E-state index contributed by atoms with van der Waals surface area (Å²) in [5.74, 6) is 5.35. The van der Waals surface area contributed by atoms with Gasteiger partial charge in [-0.25, -0.2) is 24.2 Å². The van der Waals surface area contributed by atoms with E-state index in [2.05, 4.69) is 20.1 Å². The minimum absolute atomic E-state index is 0.0679. The quantitative estimate of drug-likeness (QED) is 0.580. The van der Waals surface area contributed by atoms with E-state index in [4.69, 9.17) is 17.4 Å². The van der Waals surface area contributed by atoms with E-state index < -0.39 is 10.0 Å². The van der Waals surface area contributed by atoms with E-state index >= 15 is 0 Å². The van der Waals surface area contributed by atoms with Gasteiger partial charge in [-0.2, -0.15) is 0 Å². The lowest BCUT2D eigenvalue weighted by atomic mass is 10.5. The first-order valence-corrected chi connectivity index (χ1v) is 7.31. The summed E-state index contributed by atoms with van der Waals surface area (Å²) in [6.07, 6.45) is 2.65. The molecule has 0 aromatic carbocycles. The standard InChI is InChI=1S/C8H8ClN5O2S2/c9-6-3-5(4-12-7(6)13-10)18(15,16)14-8-11-1-2-17-8/h1-4H,10H2,(H,11,14)(H,12,13). The van der Waals surface area contributed by atoms with Crippen molar-refractivity contribution in [2.45, 2.75) is 4.90 Å². The van der Waals surface area contributed by atoms with Crippen molar-refractivity contribution in [3.05, 3.63) is 28.9 Å². The zero-order valence-electron chi connectivity index (χ0n) is 8.79. The van der Waals surface area contributed by atoms with Gasteiger partial charge in [-0.1, -0.05) is 11.6 Å². The summed E-state index contributed by atoms with van der Waals surface area (Å²) >= 11 is 6.98. The molecule has 18 heavy (non-hydrogen) atoms. The Labute approximate surface area is 112 Å². The van der Waals surface area contributed by atoms with Crippen molar-refractivity contribution >= 4 is 43.9 Å². The Kier molecular flexibility index (Phi) is 3.66. The van der Waals surface area contributed by atoms with Gasteiger partial charge in [0, 0.05) is 17.8 Å². The number of hydrogen-bond acceptors (Lipinski definition) is 7. The lowest BCUT2D eigenvalue weighted by molar-refractivity contribution is 0.601. The number of nitrogens with zero attached hydrogens (tertiary/aromatic N) is 2. The van der Waals surface area contributed by atoms with Gasteiger partial charge in [-0.3, -0.25) is 4.72 Å². The van der Waals surface area contributed by atoms with Crippen molar-refractivity contribution in [1.82, 2.24) is 9.97 Å². The Morgan fingerprint density at radius 1 is 1.39 bits per heavy atom. The number of rotatable bonds is 4. The molecule has 0 unspecified atom stereocenters. The second-order valence-electron chi connectivity index (χ2n) is 3.09. The molecule has 0 aliphatic carbocycles. The number of pyridine rings is 1. The van der Waals surface area contributed by atoms with Crippen LogP contribution in [0.3, 0.4) is 0 Å². The smallest absolute Gasteiger partial charge is 0.265 e. The lowest BCUT2D eigenvalue weighted by Crippen LogP contribution is -2.14. The maximum absolute atomic E-state index is 12.0. The molecule has 0 spiro atoms. The normalized spacial score (nSPS) is 11.2. The Hall–Kier alpha value is -1.42. The Morgan fingerprint density at radius 2 is 2.17 bits per heavy atom. The number of aromatic nitrogens is 2. The van der Waals surface area contributed by atoms with Crippen molar-refractivity contribution in [3.8, 4) is 0 Å². The maximum atomic E-state index is 12.0. The van der Waals surface area contributed by atoms with Crippen LogP contribution >= 0.6 is 22.9 Å². The number of nitrogen functional groups attached to an aromatic ring is 1. The third-order valence-corrected chi connectivity index (χ3v) is 4.33. The topological polar surface area (TPSA) is 110 Å². The third kappa shape index (κ3) is 2.70. The van der Waals surface area contributed by atoms with Crippen LogP contribution in [0.25, 0.3) is 0 Å². The van der Waals surface area contributed by atoms with Gasteiger partial charge in [0.05, 0.1) is 5.02 Å². The monoisotopic (exact) mass is 305 g/mol. The summed E-state index contributed by atoms with van der Waals surface area (Å²) in [7, 11) is -3.75. The molecule has 0 saturated heterocycles. The predicted molar refractivity (Wildman–Crippen MR) is 70.0 cm³/mol. The van der Waals surface area contributed by atoms with E-state index in [-0.39, 0.29) is 20.9 Å². The number of hydrogen-bond donors (Lipinski definition) is 3. The summed E-state index contributed by atoms with van der Waals surface area (Å²) in [5.41, 5.74) is 2.25. The largest absolute Gasteiger partial charge is 0.307 e. The average molecular weight is 306 g/mol. The van der Waals surface area contributed by atoms with Crippen molar-refractivity contribution in [2.24, 2.45) is 5.84 Å². The van der Waals surface area contributed by atoms with E-state index in [0.717, 1.165) is 6.20 Å².